The van der Waals surface area contributed by atoms with Gasteiger partial charge in [0.1, 0.15) is 5.52 Å². The van der Waals surface area contributed by atoms with E-state index in [0.29, 0.717) is 22.0 Å². The molecule has 1 aromatic carbocycles. The van der Waals surface area contributed by atoms with Gasteiger partial charge >= 0.3 is 0 Å². The van der Waals surface area contributed by atoms with Crippen molar-refractivity contribution in [3.63, 3.8) is 0 Å². The third-order valence-electron chi connectivity index (χ3n) is 7.53. The van der Waals surface area contributed by atoms with Gasteiger partial charge in [-0.15, -0.1) is 0 Å². The molecule has 0 radical (unpaired) electrons. The number of nitrogens with zero attached hydrogens (tertiary/aromatic N) is 5. The highest BCUT2D eigenvalue weighted by Crippen LogP contribution is 2.37. The van der Waals surface area contributed by atoms with Crippen molar-refractivity contribution in [3.8, 4) is 0 Å². The molecule has 4 atom stereocenters. The summed E-state index contributed by atoms with van der Waals surface area (Å²) in [5, 5.41) is 5.95. The largest absolute Gasteiger partial charge is 0.368 e. The lowest BCUT2D eigenvalue weighted by Gasteiger charge is -2.38. The van der Waals surface area contributed by atoms with Gasteiger partial charge in [0.15, 0.2) is 5.65 Å². The van der Waals surface area contributed by atoms with Crippen LogP contribution in [-0.2, 0) is 4.79 Å². The van der Waals surface area contributed by atoms with Crippen molar-refractivity contribution in [1.82, 2.24) is 24.6 Å². The second-order valence-corrected chi connectivity index (χ2v) is 10.7. The van der Waals surface area contributed by atoms with E-state index >= 15 is 0 Å². The number of primary amides is 1. The van der Waals surface area contributed by atoms with E-state index in [9.17, 15) is 4.79 Å². The van der Waals surface area contributed by atoms with Gasteiger partial charge in [0.2, 0.25) is 5.91 Å². The lowest BCUT2D eigenvalue weighted by molar-refractivity contribution is -0.123. The Bertz CT molecular complexity index is 1320. The Morgan fingerprint density at radius 2 is 2.09 bits per heavy atom. The van der Waals surface area contributed by atoms with Crippen molar-refractivity contribution in [2.24, 2.45) is 11.7 Å². The summed E-state index contributed by atoms with van der Waals surface area (Å²) in [7, 11) is 0. The molecule has 0 spiro atoms. The first-order valence-corrected chi connectivity index (χ1v) is 12.9. The number of hydrogen-bond donors (Lipinski definition) is 1. The minimum absolute atomic E-state index is 0.134. The molecule has 1 unspecified atom stereocenters. The van der Waals surface area contributed by atoms with Gasteiger partial charge in [0.05, 0.1) is 29.7 Å². The summed E-state index contributed by atoms with van der Waals surface area (Å²) < 4.78 is 1.90. The Morgan fingerprint density at radius 3 is 2.80 bits per heavy atom. The summed E-state index contributed by atoms with van der Waals surface area (Å²) >= 11 is 12.6. The third kappa shape index (κ3) is 4.46. The predicted octanol–water partition coefficient (Wildman–Crippen LogP) is 5.18. The molecule has 5 rings (SSSR count). The first-order valence-electron chi connectivity index (χ1n) is 12.2. The number of allylic oxidation sites excluding steroid dienone is 1. The number of aryl methyl sites for hydroxylation is 1. The molecule has 2 aliphatic rings. The van der Waals surface area contributed by atoms with E-state index in [2.05, 4.69) is 17.9 Å². The minimum Gasteiger partial charge on any atom is -0.368 e. The van der Waals surface area contributed by atoms with Crippen LogP contribution in [0.5, 0.6) is 0 Å². The van der Waals surface area contributed by atoms with Crippen LogP contribution in [-0.4, -0.2) is 49.2 Å². The number of carbonyl (C=O) groups is 1. The van der Waals surface area contributed by atoms with Crippen LogP contribution in [0, 0.1) is 12.8 Å². The summed E-state index contributed by atoms with van der Waals surface area (Å²) in [5.41, 5.74) is 11.0. The van der Waals surface area contributed by atoms with Crippen LogP contribution < -0.4 is 5.73 Å². The SMILES string of the molecule is Cc1nn(C(C)c2ccc(Cl)cc2Cl)c2nc(C3=CC[C@H](N4CCC[C@H]4C(N)=O)[C@H](C)C3)cnc12. The van der Waals surface area contributed by atoms with Gasteiger partial charge in [-0.2, -0.15) is 5.10 Å². The zero-order valence-corrected chi connectivity index (χ0v) is 21.7. The van der Waals surface area contributed by atoms with Crippen LogP contribution in [0.4, 0.5) is 0 Å². The summed E-state index contributed by atoms with van der Waals surface area (Å²) in [5.74, 6) is 0.172. The number of benzene rings is 1. The number of rotatable bonds is 5. The van der Waals surface area contributed by atoms with Gasteiger partial charge < -0.3 is 5.73 Å². The molecule has 35 heavy (non-hydrogen) atoms. The van der Waals surface area contributed by atoms with E-state index in [0.717, 1.165) is 60.3 Å². The lowest BCUT2D eigenvalue weighted by Crippen LogP contribution is -2.48. The maximum absolute atomic E-state index is 11.9. The molecule has 1 saturated heterocycles. The van der Waals surface area contributed by atoms with Gasteiger partial charge in [-0.25, -0.2) is 14.6 Å². The highest BCUT2D eigenvalue weighted by atomic mass is 35.5. The average Bonchev–Trinajstić information content (AvgIpc) is 3.43. The predicted molar refractivity (Wildman–Crippen MR) is 139 cm³/mol. The molecule has 1 aliphatic heterocycles. The molecule has 1 fully saturated rings. The summed E-state index contributed by atoms with van der Waals surface area (Å²) in [4.78, 5) is 24.0. The fourth-order valence-electron chi connectivity index (χ4n) is 5.67. The monoisotopic (exact) mass is 512 g/mol. The highest BCUT2D eigenvalue weighted by molar-refractivity contribution is 6.35. The number of halogens is 2. The van der Waals surface area contributed by atoms with Crippen LogP contribution in [0.3, 0.4) is 0 Å². The summed E-state index contributed by atoms with van der Waals surface area (Å²) in [6.07, 6.45) is 7.73. The van der Waals surface area contributed by atoms with E-state index < -0.39 is 0 Å². The van der Waals surface area contributed by atoms with Gasteiger partial charge in [0.25, 0.3) is 0 Å². The number of carbonyl (C=O) groups excluding carboxylic acids is 1. The van der Waals surface area contributed by atoms with Crippen LogP contribution >= 0.6 is 23.2 Å². The molecule has 9 heteroatoms. The van der Waals surface area contributed by atoms with Crippen molar-refractivity contribution in [3.05, 3.63) is 57.5 Å². The number of fused-ring (bicyclic) bond motifs is 1. The summed E-state index contributed by atoms with van der Waals surface area (Å²) in [6.45, 7) is 7.17. The van der Waals surface area contributed by atoms with Crippen molar-refractivity contribution >= 4 is 45.8 Å². The second kappa shape index (κ2) is 9.52. The van der Waals surface area contributed by atoms with E-state index in [1.165, 1.54) is 5.57 Å². The van der Waals surface area contributed by atoms with Crippen molar-refractivity contribution in [2.45, 2.75) is 64.6 Å². The Labute approximate surface area is 215 Å². The zero-order valence-electron chi connectivity index (χ0n) is 20.2. The van der Waals surface area contributed by atoms with Crippen molar-refractivity contribution in [2.75, 3.05) is 6.54 Å². The van der Waals surface area contributed by atoms with Crippen molar-refractivity contribution in [1.29, 1.82) is 0 Å². The lowest BCUT2D eigenvalue weighted by atomic mass is 9.83. The standard InChI is InChI=1S/C26H30Cl2N6O/c1-14-11-17(6-9-22(14)33-10-4-5-23(33)25(29)35)21-13-30-24-15(2)32-34(26(24)31-21)16(3)19-8-7-18(27)12-20(19)28/h6-8,12-14,16,22-23H,4-5,9-11H2,1-3H3,(H2,29,35)/t14-,16?,22+,23+/m1/s1. The number of hydrogen-bond acceptors (Lipinski definition) is 5. The van der Waals surface area contributed by atoms with Crippen LogP contribution in [0.2, 0.25) is 10.0 Å². The van der Waals surface area contributed by atoms with Gasteiger partial charge in [-0.1, -0.05) is 42.3 Å². The summed E-state index contributed by atoms with van der Waals surface area (Å²) in [6, 6.07) is 5.55. The maximum atomic E-state index is 11.9. The van der Waals surface area contributed by atoms with Gasteiger partial charge in [-0.05, 0) is 75.3 Å². The molecular weight excluding hydrogens is 483 g/mol. The van der Waals surface area contributed by atoms with E-state index in [4.69, 9.17) is 44.0 Å². The molecule has 184 valence electrons. The molecule has 3 aromatic rings. The second-order valence-electron chi connectivity index (χ2n) is 9.81. The Morgan fingerprint density at radius 1 is 1.29 bits per heavy atom. The first-order chi connectivity index (χ1) is 16.7. The number of amides is 1. The topological polar surface area (TPSA) is 89.9 Å². The van der Waals surface area contributed by atoms with Gasteiger partial charge in [-0.3, -0.25) is 9.69 Å². The molecule has 7 nitrogen and oxygen atoms in total. The highest BCUT2D eigenvalue weighted by Gasteiger charge is 2.37. The van der Waals surface area contributed by atoms with Crippen LogP contribution in [0.15, 0.2) is 30.5 Å². The fourth-order valence-corrected chi connectivity index (χ4v) is 6.24. The average molecular weight is 513 g/mol. The Kier molecular flexibility index (Phi) is 6.59. The maximum Gasteiger partial charge on any atom is 0.234 e. The molecule has 1 amide bonds. The van der Waals surface area contributed by atoms with Crippen LogP contribution in [0.1, 0.15) is 62.5 Å². The van der Waals surface area contributed by atoms with Crippen LogP contribution in [0.25, 0.3) is 16.7 Å². The molecule has 3 heterocycles. The number of nitrogens with two attached hydrogens (primary N) is 1. The fraction of sp³-hybridized carbons (Fsp3) is 0.462. The first kappa shape index (κ1) is 24.2. The third-order valence-corrected chi connectivity index (χ3v) is 8.10. The quantitative estimate of drug-likeness (QED) is 0.508. The van der Waals surface area contributed by atoms with E-state index in [-0.39, 0.29) is 18.0 Å². The zero-order chi connectivity index (χ0) is 24.9. The minimum atomic E-state index is -0.209. The Balaban J connectivity index is 1.46. The molecular formula is C26H30Cl2N6O. The van der Waals surface area contributed by atoms with E-state index in [1.54, 1.807) is 6.07 Å². The molecule has 1 aliphatic carbocycles. The van der Waals surface area contributed by atoms with Crippen molar-refractivity contribution < 1.29 is 4.79 Å². The molecule has 2 aromatic heterocycles. The Hall–Kier alpha value is -2.48. The smallest absolute Gasteiger partial charge is 0.234 e. The molecule has 2 N–H and O–H groups in total. The van der Waals surface area contributed by atoms with Gasteiger partial charge in [0, 0.05) is 16.1 Å². The molecule has 0 saturated carbocycles. The molecule has 0 bridgehead atoms. The number of aromatic nitrogens is 4. The van der Waals surface area contributed by atoms with E-state index in [1.807, 2.05) is 36.9 Å². The normalized spacial score (nSPS) is 24.0. The number of likely N-dealkylation sites (tertiary alicyclic amines) is 1.